The molecule has 5 aromatic heterocycles. The number of halogens is 4. The summed E-state index contributed by atoms with van der Waals surface area (Å²) in [6.45, 7) is 50.6. The van der Waals surface area contributed by atoms with Gasteiger partial charge in [0.05, 0.1) is 53.6 Å². The highest BCUT2D eigenvalue weighted by Gasteiger charge is 2.42. The topological polar surface area (TPSA) is 234 Å². The number of amides is 3. The number of aromatic nitrogens is 8. The number of nitrogens with zero attached hydrogens (tertiary/aromatic N) is 23. The Morgan fingerprint density at radius 2 is 0.824 bits per heavy atom. The molecule has 14 heterocycles. The normalized spacial score (nSPS) is 20.6. The van der Waals surface area contributed by atoms with Gasteiger partial charge in [-0.05, 0) is 152 Å². The van der Waals surface area contributed by atoms with Crippen LogP contribution in [0.2, 0.25) is 5.02 Å². The first-order valence-corrected chi connectivity index (χ1v) is 45.8. The van der Waals surface area contributed by atoms with Gasteiger partial charge in [0.15, 0.2) is 17.5 Å². The first kappa shape index (κ1) is 91.8. The van der Waals surface area contributed by atoms with Crippen LogP contribution in [-0.4, -0.2) is 282 Å². The highest BCUT2D eigenvalue weighted by molar-refractivity contribution is 6.36. The summed E-state index contributed by atoms with van der Waals surface area (Å²) in [4.78, 5) is 111. The second-order valence-electron chi connectivity index (χ2n) is 35.7. The molecule has 9 aliphatic heterocycles. The van der Waals surface area contributed by atoms with Crippen molar-refractivity contribution in [3.63, 3.8) is 0 Å². The third-order valence-electron chi connectivity index (χ3n) is 27.3. The van der Waals surface area contributed by atoms with E-state index in [1.54, 1.807) is 0 Å². The Bertz CT molecular complexity index is 5700. The molecule has 0 unspecified atom stereocenters. The number of likely N-dealkylation sites (tertiary alicyclic amines) is 3. The first-order chi connectivity index (χ1) is 63.4. The van der Waals surface area contributed by atoms with E-state index in [1.807, 2.05) is 49.8 Å². The molecular formula is C98H113ClF3N23O6. The summed E-state index contributed by atoms with van der Waals surface area (Å²) in [6, 6.07) is 27.7. The zero-order valence-corrected chi connectivity index (χ0v) is 76.2. The van der Waals surface area contributed by atoms with E-state index in [2.05, 4.69) is 178 Å². The van der Waals surface area contributed by atoms with E-state index in [4.69, 9.17) is 75.4 Å². The Hall–Kier alpha value is -12.5. The van der Waals surface area contributed by atoms with Crippen LogP contribution in [0.1, 0.15) is 103 Å². The van der Waals surface area contributed by atoms with Crippen LogP contribution in [0.15, 0.2) is 135 Å². The molecule has 33 heteroatoms. The molecule has 18 rings (SSSR count). The molecule has 684 valence electrons. The molecule has 29 nitrogen and oxygen atoms in total. The monoisotopic (exact) mass is 1800 g/mol. The van der Waals surface area contributed by atoms with E-state index in [0.717, 1.165) is 174 Å². The zero-order valence-electron chi connectivity index (χ0n) is 75.5. The number of carbonyl (C=O) groups excluding carboxylic acids is 3. The van der Waals surface area contributed by atoms with Gasteiger partial charge in [-0.25, -0.2) is 32.9 Å². The molecule has 9 aliphatic rings. The molecule has 0 aliphatic carbocycles. The minimum atomic E-state index is -1.02. The Balaban J connectivity index is 0.000000144. The molecule has 0 bridgehead atoms. The van der Waals surface area contributed by atoms with Crippen molar-refractivity contribution in [3.8, 4) is 18.0 Å². The summed E-state index contributed by atoms with van der Waals surface area (Å²) in [7, 11) is 6.34. The predicted molar refractivity (Wildman–Crippen MR) is 503 cm³/mol. The van der Waals surface area contributed by atoms with E-state index in [0.29, 0.717) is 139 Å². The maximum atomic E-state index is 13.9. The summed E-state index contributed by atoms with van der Waals surface area (Å²) >= 11 is 6.65. The van der Waals surface area contributed by atoms with Gasteiger partial charge in [-0.1, -0.05) is 99.8 Å². The molecule has 6 atom stereocenters. The van der Waals surface area contributed by atoms with Crippen LogP contribution in [0.25, 0.3) is 46.9 Å². The molecule has 6 fully saturated rings. The van der Waals surface area contributed by atoms with E-state index < -0.39 is 53.3 Å². The third-order valence-corrected chi connectivity index (χ3v) is 27.6. The van der Waals surface area contributed by atoms with Gasteiger partial charge in [-0.15, -0.1) is 0 Å². The number of aryl methyl sites for hydroxylation is 1. The zero-order chi connectivity index (χ0) is 91.8. The molecule has 0 N–H and O–H groups in total. The molecule has 131 heavy (non-hydrogen) atoms. The van der Waals surface area contributed by atoms with Gasteiger partial charge in [-0.2, -0.15) is 29.9 Å². The quantitative estimate of drug-likeness (QED) is 0.0453. The van der Waals surface area contributed by atoms with Gasteiger partial charge in [0.25, 0.3) is 17.7 Å². The van der Waals surface area contributed by atoms with Crippen molar-refractivity contribution in [1.82, 2.24) is 69.3 Å². The van der Waals surface area contributed by atoms with Crippen LogP contribution in [0.5, 0.6) is 18.0 Å². The summed E-state index contributed by atoms with van der Waals surface area (Å²) in [5, 5.41) is 7.40. The highest BCUT2D eigenvalue weighted by Crippen LogP contribution is 2.43. The van der Waals surface area contributed by atoms with Crippen LogP contribution in [0, 0.1) is 26.6 Å². The molecular weight excluding hydrogens is 1690 g/mol. The summed E-state index contributed by atoms with van der Waals surface area (Å²) < 4.78 is 60.3. The fourth-order valence-electron chi connectivity index (χ4n) is 20.2. The second-order valence-corrected chi connectivity index (χ2v) is 36.1. The number of likely N-dealkylation sites (N-methyl/N-ethyl adjacent to an activating group) is 3. The van der Waals surface area contributed by atoms with Gasteiger partial charge in [-0.3, -0.25) is 24.4 Å². The number of carbonyl (C=O) groups is 3. The van der Waals surface area contributed by atoms with Gasteiger partial charge >= 0.3 is 18.0 Å². The van der Waals surface area contributed by atoms with Crippen molar-refractivity contribution in [3.05, 3.63) is 219 Å². The predicted octanol–water partition coefficient (Wildman–Crippen LogP) is 13.1. The molecule has 0 saturated carbocycles. The molecule has 9 aromatic rings. The maximum Gasteiger partial charge on any atom is 0.318 e. The highest BCUT2D eigenvalue weighted by atomic mass is 35.5. The Labute approximate surface area is 768 Å². The lowest BCUT2D eigenvalue weighted by Gasteiger charge is -2.41. The smallest absolute Gasteiger partial charge is 0.318 e. The third kappa shape index (κ3) is 20.0. The number of rotatable bonds is 22. The fraction of sp³-hybridized carbons (Fsp3) is 0.469. The Morgan fingerprint density at radius 1 is 0.450 bits per heavy atom. The Kier molecular flexibility index (Phi) is 28.6. The largest absolute Gasteiger partial charge is 0.462 e. The molecule has 0 radical (unpaired) electrons. The van der Waals surface area contributed by atoms with Gasteiger partial charge in [0, 0.05) is 164 Å². The fourth-order valence-corrected chi connectivity index (χ4v) is 20.5. The summed E-state index contributed by atoms with van der Waals surface area (Å²) in [5.41, 5.74) is 11.4. The van der Waals surface area contributed by atoms with Gasteiger partial charge < -0.3 is 87.5 Å². The maximum absolute atomic E-state index is 13.9. The van der Waals surface area contributed by atoms with Gasteiger partial charge in [0.1, 0.15) is 55.4 Å². The van der Waals surface area contributed by atoms with Crippen molar-refractivity contribution in [2.75, 3.05) is 188 Å². The number of benzene rings is 4. The molecule has 6 saturated heterocycles. The summed E-state index contributed by atoms with van der Waals surface area (Å²) in [5.74, 6) is -2.59. The van der Waals surface area contributed by atoms with Crippen molar-refractivity contribution >= 4 is 96.2 Å². The van der Waals surface area contributed by atoms with E-state index in [1.165, 1.54) is 36.7 Å². The van der Waals surface area contributed by atoms with Crippen molar-refractivity contribution < 1.29 is 41.8 Å². The molecule has 0 spiro atoms. The molecule has 4 aromatic carbocycles. The first-order valence-electron chi connectivity index (χ1n) is 45.4. The lowest BCUT2D eigenvalue weighted by Crippen LogP contribution is -2.57. The number of pyridine rings is 2. The number of ether oxygens (including phenoxy) is 3. The van der Waals surface area contributed by atoms with Gasteiger partial charge in [0.2, 0.25) is 19.6 Å². The van der Waals surface area contributed by atoms with E-state index >= 15 is 0 Å². The van der Waals surface area contributed by atoms with Crippen LogP contribution in [-0.2, 0) is 53.3 Å². The number of hydrogen-bond acceptors (Lipinski definition) is 23. The minimum absolute atomic E-state index is 0.0583. The molecule has 3 amide bonds. The van der Waals surface area contributed by atoms with Crippen LogP contribution < -0.4 is 43.6 Å². The van der Waals surface area contributed by atoms with E-state index in [9.17, 15) is 27.6 Å². The van der Waals surface area contributed by atoms with Crippen LogP contribution >= 0.6 is 11.6 Å². The Morgan fingerprint density at radius 3 is 1.21 bits per heavy atom. The number of anilines is 6. The van der Waals surface area contributed by atoms with E-state index in [-0.39, 0.29) is 39.3 Å². The average molecular weight is 1800 g/mol. The second kappa shape index (κ2) is 40.9. The van der Waals surface area contributed by atoms with Crippen molar-refractivity contribution in [2.45, 2.75) is 140 Å². The SMILES string of the molecule is [C-]#[N+]C[C@H]1CN(c2nc(OC[C@@H]3CCCN3C)nc3c2CCN(c2cccc4cccc(C(C)C)c24)C3)CCN1C(=O)C(=C)F.[C-]#[N+]C[C@H]1CN(c2nc(OC[C@@H]3CCCN3C)nc3c2CCN(c2cccc4ccnc(C)c24)C3)CCN1C(=O)C(=C)F.[C-]#[N+]C[C@H]1CN(c2nc(OC[C@@H]3CCCN3C)nc3c2CCN(c2cncc4cccc(Cl)c24)C3)CCN1C(=O)C(=C)F. The minimum Gasteiger partial charge on any atom is -0.462 e. The lowest BCUT2D eigenvalue weighted by molar-refractivity contribution is -0.131. The summed E-state index contributed by atoms with van der Waals surface area (Å²) in [6.07, 6.45) is 14.3. The average Bonchev–Trinajstić information content (AvgIpc) is 1.60. The lowest BCUT2D eigenvalue weighted by atomic mass is 9.93. The standard InChI is InChI=1S/C35H42FN7O2.C32H37FN8O2.C31H34ClFN8O2/c1-23(2)28-12-6-9-25-10-7-13-31(32(25)28)41-16-14-29-30(21-41)38-35(45-22-26-11-8-15-40(26)5)39-33(29)42-17-18-43(34(44)24(3)36)27(20-42)19-37-4;1-21(33)31(42)41-16-15-40(18-25(41)17-34-3)30-26-11-14-39(28-9-5-7-23-10-12-35-22(2)29(23)28)19-27(26)36-32(37-30)43-20-24-8-6-13-38(24)4;1-20(33)30(42)41-13-12-40(17-23(41)15-34-2)29-24-9-11-39(27-16-35-14-21-6-4-8-25(32)28(21)27)18-26(24)36-31(37-29)43-19-22-7-5-10-38(22)3/h6-7,9-10,12-13,23,26-27H,3,8,11,14-22H2,1-2,5H3;5,7,9-10,12,24-25H,1,6,8,11,13-20H2,2,4H3;4,6,8,14,16,22-23H,1,5,7,9-13,15,17-19H2,3H3/t26-,27-;24-,25-;22-,23-/m000/s1. The number of fused-ring (bicyclic) bond motifs is 6. The van der Waals surface area contributed by atoms with Crippen LogP contribution in [0.3, 0.4) is 0 Å². The van der Waals surface area contributed by atoms with Crippen molar-refractivity contribution in [2.24, 2.45) is 0 Å². The number of hydrogen-bond donors (Lipinski definition) is 0. The number of piperazine rings is 3. The van der Waals surface area contributed by atoms with Crippen LogP contribution in [0.4, 0.5) is 47.7 Å². The van der Waals surface area contributed by atoms with Crippen molar-refractivity contribution in [1.29, 1.82) is 0 Å².